The topological polar surface area (TPSA) is 111 Å². The number of halogens is 2. The highest BCUT2D eigenvalue weighted by Crippen LogP contribution is 2.29. The lowest BCUT2D eigenvalue weighted by Crippen LogP contribution is -2.19. The minimum atomic E-state index is -0.770. The molecule has 1 saturated carbocycles. The van der Waals surface area contributed by atoms with Crippen molar-refractivity contribution < 1.29 is 23.1 Å². The van der Waals surface area contributed by atoms with Crippen molar-refractivity contribution in [2.45, 2.75) is 25.3 Å². The van der Waals surface area contributed by atoms with E-state index in [1.807, 2.05) is 0 Å². The number of hydrogen-bond acceptors (Lipinski definition) is 7. The Hall–Kier alpha value is -3.89. The third-order valence-electron chi connectivity index (χ3n) is 4.61. The Balaban J connectivity index is 1.59. The first-order valence-corrected chi connectivity index (χ1v) is 9.16. The first-order chi connectivity index (χ1) is 14.5. The molecule has 2 aliphatic rings. The maximum absolute atomic E-state index is 14.0. The monoisotopic (exact) mass is 412 g/mol. The van der Waals surface area contributed by atoms with E-state index in [0.29, 0.717) is 11.5 Å². The van der Waals surface area contributed by atoms with E-state index in [1.54, 1.807) is 0 Å². The first kappa shape index (κ1) is 18.2. The van der Waals surface area contributed by atoms with Crippen LogP contribution in [0.5, 0.6) is 11.8 Å². The van der Waals surface area contributed by atoms with Crippen LogP contribution in [0, 0.1) is 11.6 Å². The molecule has 2 N–H and O–H groups in total. The van der Waals surface area contributed by atoms with Crippen molar-refractivity contribution in [3.05, 3.63) is 47.2 Å². The van der Waals surface area contributed by atoms with Crippen molar-refractivity contribution in [2.24, 2.45) is 0 Å². The Labute approximate surface area is 167 Å². The first-order valence-electron chi connectivity index (χ1n) is 9.16. The van der Waals surface area contributed by atoms with Gasteiger partial charge in [-0.15, -0.1) is 0 Å². The summed E-state index contributed by atoms with van der Waals surface area (Å²) in [4.78, 5) is 31.8. The molecule has 0 radical (unpaired) electrons. The van der Waals surface area contributed by atoms with Crippen LogP contribution in [-0.2, 0) is 9.59 Å². The molecule has 11 heteroatoms. The summed E-state index contributed by atoms with van der Waals surface area (Å²) in [5, 5.41) is 9.63. The molecular weight excluding hydrogens is 398 g/mol. The molecule has 9 nitrogen and oxygen atoms in total. The van der Waals surface area contributed by atoms with Crippen LogP contribution in [0.4, 0.5) is 14.7 Å². The largest absolute Gasteiger partial charge is 0.421 e. The predicted octanol–water partition coefficient (Wildman–Crippen LogP) is 2.20. The molecule has 5 rings (SSSR count). The van der Waals surface area contributed by atoms with Crippen LogP contribution < -0.4 is 15.4 Å². The Morgan fingerprint density at radius 2 is 2.07 bits per heavy atom. The SMILES string of the molecule is O=C1C/C(=C\c2cnn3c(NC4CC4)nc(Oc4cc(F)ccc4F)nc23)C(=O)N1. The molecule has 1 saturated heterocycles. The molecule has 152 valence electrons. The summed E-state index contributed by atoms with van der Waals surface area (Å²) in [5.41, 5.74) is 0.990. The second-order valence-corrected chi connectivity index (χ2v) is 6.98. The number of rotatable bonds is 5. The van der Waals surface area contributed by atoms with Gasteiger partial charge < -0.3 is 10.1 Å². The van der Waals surface area contributed by atoms with Crippen molar-refractivity contribution in [3.63, 3.8) is 0 Å². The van der Waals surface area contributed by atoms with Crippen molar-refractivity contribution in [3.8, 4) is 11.8 Å². The molecule has 0 atom stereocenters. The molecule has 1 aliphatic heterocycles. The van der Waals surface area contributed by atoms with Crippen LogP contribution in [0.25, 0.3) is 11.7 Å². The van der Waals surface area contributed by atoms with Crippen molar-refractivity contribution in [1.82, 2.24) is 24.9 Å². The number of carbonyl (C=O) groups is 2. The van der Waals surface area contributed by atoms with Gasteiger partial charge in [0.05, 0.1) is 12.6 Å². The van der Waals surface area contributed by atoms with Gasteiger partial charge in [0.2, 0.25) is 11.9 Å². The lowest BCUT2D eigenvalue weighted by atomic mass is 10.1. The number of anilines is 1. The summed E-state index contributed by atoms with van der Waals surface area (Å²) in [6, 6.07) is 2.80. The number of carbonyl (C=O) groups excluding carboxylic acids is 2. The van der Waals surface area contributed by atoms with Gasteiger partial charge in [-0.25, -0.2) is 8.78 Å². The highest BCUT2D eigenvalue weighted by Gasteiger charge is 2.26. The number of nitrogens with zero attached hydrogens (tertiary/aromatic N) is 4. The van der Waals surface area contributed by atoms with E-state index < -0.39 is 17.5 Å². The molecule has 1 aromatic carbocycles. The number of fused-ring (bicyclic) bond motifs is 1. The molecule has 1 aliphatic carbocycles. The number of benzene rings is 1. The highest BCUT2D eigenvalue weighted by molar-refractivity contribution is 6.15. The lowest BCUT2D eigenvalue weighted by molar-refractivity contribution is -0.124. The molecule has 30 heavy (non-hydrogen) atoms. The van der Waals surface area contributed by atoms with Gasteiger partial charge in [0.1, 0.15) is 5.82 Å². The van der Waals surface area contributed by atoms with Crippen molar-refractivity contribution in [2.75, 3.05) is 5.32 Å². The third-order valence-corrected chi connectivity index (χ3v) is 4.61. The summed E-state index contributed by atoms with van der Waals surface area (Å²) in [5.74, 6) is -2.37. The molecule has 3 aromatic rings. The zero-order valence-corrected chi connectivity index (χ0v) is 15.4. The predicted molar refractivity (Wildman–Crippen MR) is 99.6 cm³/mol. The second-order valence-electron chi connectivity index (χ2n) is 6.98. The average molecular weight is 412 g/mol. The molecule has 2 amide bonds. The average Bonchev–Trinajstić information content (AvgIpc) is 3.34. The van der Waals surface area contributed by atoms with Gasteiger partial charge in [-0.1, -0.05) is 0 Å². The summed E-state index contributed by atoms with van der Waals surface area (Å²) >= 11 is 0. The number of amides is 2. The summed E-state index contributed by atoms with van der Waals surface area (Å²) < 4.78 is 34.3. The standard InChI is InChI=1S/C19H14F2N6O3/c20-11-1-4-13(21)14(7-11)30-19-25-16-10(5-9-6-15(28)24-17(9)29)8-22-27(16)18(26-19)23-12-2-3-12/h1,4-5,7-8,12H,2-3,6H2,(H,23,25,26)(H,24,28,29)/b9-5+. The fourth-order valence-electron chi connectivity index (χ4n) is 2.99. The normalized spacial score (nSPS) is 17.6. The zero-order valence-electron chi connectivity index (χ0n) is 15.4. The van der Waals surface area contributed by atoms with Gasteiger partial charge in [0, 0.05) is 23.2 Å². The molecule has 3 heterocycles. The van der Waals surface area contributed by atoms with Gasteiger partial charge in [0.15, 0.2) is 17.2 Å². The molecule has 2 fully saturated rings. The van der Waals surface area contributed by atoms with Crippen LogP contribution in [-0.4, -0.2) is 37.4 Å². The minimum Gasteiger partial charge on any atom is -0.421 e. The Morgan fingerprint density at radius 3 is 2.80 bits per heavy atom. The van der Waals surface area contributed by atoms with Crippen molar-refractivity contribution >= 4 is 29.5 Å². The number of nitrogens with one attached hydrogen (secondary N) is 2. The number of hydrogen-bond donors (Lipinski definition) is 2. The fraction of sp³-hybridized carbons (Fsp3) is 0.211. The van der Waals surface area contributed by atoms with E-state index in [2.05, 4.69) is 25.7 Å². The van der Waals surface area contributed by atoms with E-state index >= 15 is 0 Å². The zero-order chi connectivity index (χ0) is 20.8. The molecule has 0 bridgehead atoms. The van der Waals surface area contributed by atoms with Gasteiger partial charge >= 0.3 is 6.01 Å². The van der Waals surface area contributed by atoms with E-state index in [4.69, 9.17) is 4.74 Å². The number of aromatic nitrogens is 4. The van der Waals surface area contributed by atoms with E-state index in [9.17, 15) is 18.4 Å². The Kier molecular flexibility index (Phi) is 4.16. The van der Waals surface area contributed by atoms with Crippen LogP contribution in [0.15, 0.2) is 30.0 Å². The van der Waals surface area contributed by atoms with Crippen LogP contribution in [0.3, 0.4) is 0 Å². The summed E-state index contributed by atoms with van der Waals surface area (Å²) in [6.07, 6.45) is 4.84. The number of imide groups is 1. The minimum absolute atomic E-state index is 0.0493. The van der Waals surface area contributed by atoms with Gasteiger partial charge in [-0.05, 0) is 31.1 Å². The van der Waals surface area contributed by atoms with E-state index in [0.717, 1.165) is 31.0 Å². The lowest BCUT2D eigenvalue weighted by Gasteiger charge is -2.10. The number of ether oxygens (including phenoxy) is 1. The molecule has 2 aromatic heterocycles. The second kappa shape index (κ2) is 6.87. The van der Waals surface area contributed by atoms with Gasteiger partial charge in [-0.2, -0.15) is 19.6 Å². The summed E-state index contributed by atoms with van der Waals surface area (Å²) in [7, 11) is 0. The van der Waals surface area contributed by atoms with Gasteiger partial charge in [0.25, 0.3) is 5.91 Å². The smallest absolute Gasteiger partial charge is 0.327 e. The van der Waals surface area contributed by atoms with Crippen LogP contribution >= 0.6 is 0 Å². The summed E-state index contributed by atoms with van der Waals surface area (Å²) in [6.45, 7) is 0. The van der Waals surface area contributed by atoms with Crippen LogP contribution in [0.1, 0.15) is 24.8 Å². The van der Waals surface area contributed by atoms with E-state index in [-0.39, 0.29) is 41.4 Å². The van der Waals surface area contributed by atoms with Crippen LogP contribution in [0.2, 0.25) is 0 Å². The highest BCUT2D eigenvalue weighted by atomic mass is 19.1. The fourth-order valence-corrected chi connectivity index (χ4v) is 2.99. The third kappa shape index (κ3) is 3.45. The quantitative estimate of drug-likeness (QED) is 0.488. The Bertz CT molecular complexity index is 1230. The molecule has 0 unspecified atom stereocenters. The van der Waals surface area contributed by atoms with E-state index in [1.165, 1.54) is 16.8 Å². The van der Waals surface area contributed by atoms with Crippen molar-refractivity contribution in [1.29, 1.82) is 0 Å². The molecule has 0 spiro atoms. The maximum atomic E-state index is 14.0. The maximum Gasteiger partial charge on any atom is 0.327 e. The molecular formula is C19H14F2N6O3. The Morgan fingerprint density at radius 1 is 1.23 bits per heavy atom. The van der Waals surface area contributed by atoms with Gasteiger partial charge in [-0.3, -0.25) is 14.9 Å².